The van der Waals surface area contributed by atoms with Crippen molar-refractivity contribution in [1.82, 2.24) is 10.6 Å². The molecule has 114 valence electrons. The van der Waals surface area contributed by atoms with E-state index in [1.807, 2.05) is 0 Å². The minimum absolute atomic E-state index is 0.212. The fraction of sp³-hybridized carbons (Fsp3) is 0.917. The van der Waals surface area contributed by atoms with E-state index in [0.29, 0.717) is 6.54 Å². The standard InChI is InChI=1S/C12H26N2O4S/c1-2-3-4-5-6-7-9-13-12(15)14-10-8-11-19(16,17)18/h2-11H2,1H3,(H2,13,14,15)(H,16,17,18). The van der Waals surface area contributed by atoms with E-state index in [1.54, 1.807) is 0 Å². The highest BCUT2D eigenvalue weighted by Gasteiger charge is 2.04. The van der Waals surface area contributed by atoms with Crippen LogP contribution in [0.3, 0.4) is 0 Å². The fourth-order valence-corrected chi connectivity index (χ4v) is 2.14. The maximum atomic E-state index is 11.3. The first kappa shape index (κ1) is 18.2. The summed E-state index contributed by atoms with van der Waals surface area (Å²) in [7, 11) is -3.93. The van der Waals surface area contributed by atoms with Crippen LogP contribution in [0.1, 0.15) is 51.9 Å². The zero-order valence-electron chi connectivity index (χ0n) is 11.7. The normalized spacial score (nSPS) is 11.3. The summed E-state index contributed by atoms with van der Waals surface area (Å²) in [6.45, 7) is 3.05. The quantitative estimate of drug-likeness (QED) is 0.401. The van der Waals surface area contributed by atoms with Gasteiger partial charge in [-0.05, 0) is 12.8 Å². The average Bonchev–Trinajstić information content (AvgIpc) is 2.32. The molecular formula is C12H26N2O4S. The van der Waals surface area contributed by atoms with Gasteiger partial charge in [-0.15, -0.1) is 0 Å². The van der Waals surface area contributed by atoms with E-state index in [2.05, 4.69) is 17.6 Å². The van der Waals surface area contributed by atoms with Crippen LogP contribution in [-0.2, 0) is 10.1 Å². The fourth-order valence-electron chi connectivity index (χ4n) is 1.63. The van der Waals surface area contributed by atoms with Gasteiger partial charge in [-0.25, -0.2) is 4.79 Å². The van der Waals surface area contributed by atoms with Crippen molar-refractivity contribution >= 4 is 16.1 Å². The SMILES string of the molecule is CCCCCCCCNC(=O)NCCCS(=O)(=O)O. The monoisotopic (exact) mass is 294 g/mol. The Hall–Kier alpha value is -0.820. The Balaban J connectivity index is 3.31. The number of amides is 2. The summed E-state index contributed by atoms with van der Waals surface area (Å²) in [6, 6.07) is -0.288. The van der Waals surface area contributed by atoms with E-state index in [0.717, 1.165) is 12.8 Å². The average molecular weight is 294 g/mol. The zero-order valence-corrected chi connectivity index (χ0v) is 12.5. The second-order valence-corrected chi connectivity index (χ2v) is 6.16. The van der Waals surface area contributed by atoms with Crippen LogP contribution in [0.25, 0.3) is 0 Å². The topological polar surface area (TPSA) is 95.5 Å². The highest BCUT2D eigenvalue weighted by molar-refractivity contribution is 7.85. The van der Waals surface area contributed by atoms with Gasteiger partial charge in [-0.3, -0.25) is 4.55 Å². The molecule has 0 saturated heterocycles. The van der Waals surface area contributed by atoms with Crippen molar-refractivity contribution in [2.45, 2.75) is 51.9 Å². The van der Waals surface area contributed by atoms with Gasteiger partial charge in [0.05, 0.1) is 5.75 Å². The van der Waals surface area contributed by atoms with Crippen molar-refractivity contribution in [1.29, 1.82) is 0 Å². The van der Waals surface area contributed by atoms with E-state index in [1.165, 1.54) is 25.7 Å². The molecule has 0 heterocycles. The van der Waals surface area contributed by atoms with Crippen molar-refractivity contribution in [3.05, 3.63) is 0 Å². The summed E-state index contributed by atoms with van der Waals surface area (Å²) in [5.74, 6) is -0.329. The number of carbonyl (C=O) groups is 1. The molecule has 0 spiro atoms. The number of unbranched alkanes of at least 4 members (excludes halogenated alkanes) is 5. The van der Waals surface area contributed by atoms with E-state index in [4.69, 9.17) is 4.55 Å². The number of nitrogens with one attached hydrogen (secondary N) is 2. The van der Waals surface area contributed by atoms with Gasteiger partial charge < -0.3 is 10.6 Å². The van der Waals surface area contributed by atoms with Gasteiger partial charge in [-0.2, -0.15) is 8.42 Å². The van der Waals surface area contributed by atoms with Crippen LogP contribution < -0.4 is 10.6 Å². The van der Waals surface area contributed by atoms with Crippen LogP contribution in [0.2, 0.25) is 0 Å². The highest BCUT2D eigenvalue weighted by Crippen LogP contribution is 2.03. The second kappa shape index (κ2) is 11.0. The third kappa shape index (κ3) is 15.1. The minimum atomic E-state index is -3.93. The number of urea groups is 1. The molecule has 0 aliphatic carbocycles. The number of hydrogen-bond acceptors (Lipinski definition) is 3. The molecule has 0 fully saturated rings. The summed E-state index contributed by atoms with van der Waals surface area (Å²) in [5.41, 5.74) is 0. The Labute approximate surface area is 116 Å². The van der Waals surface area contributed by atoms with Gasteiger partial charge in [-0.1, -0.05) is 39.0 Å². The van der Waals surface area contributed by atoms with E-state index < -0.39 is 10.1 Å². The smallest absolute Gasteiger partial charge is 0.314 e. The van der Waals surface area contributed by atoms with Gasteiger partial charge in [0.15, 0.2) is 0 Å². The van der Waals surface area contributed by atoms with Crippen molar-refractivity contribution in [2.24, 2.45) is 0 Å². The predicted molar refractivity (Wildman–Crippen MR) is 75.8 cm³/mol. The maximum Gasteiger partial charge on any atom is 0.314 e. The van der Waals surface area contributed by atoms with Gasteiger partial charge in [0.2, 0.25) is 0 Å². The molecule has 2 amide bonds. The molecule has 0 rings (SSSR count). The molecule has 19 heavy (non-hydrogen) atoms. The third-order valence-corrected chi connectivity index (χ3v) is 3.49. The van der Waals surface area contributed by atoms with Crippen LogP contribution in [0.4, 0.5) is 4.79 Å². The largest absolute Gasteiger partial charge is 0.338 e. The molecule has 0 atom stereocenters. The van der Waals surface area contributed by atoms with E-state index >= 15 is 0 Å². The van der Waals surface area contributed by atoms with Gasteiger partial charge in [0.25, 0.3) is 10.1 Å². The Morgan fingerprint density at radius 3 is 2.05 bits per heavy atom. The summed E-state index contributed by atoms with van der Waals surface area (Å²) in [6.07, 6.45) is 7.23. The first-order valence-electron chi connectivity index (χ1n) is 6.92. The minimum Gasteiger partial charge on any atom is -0.338 e. The van der Waals surface area contributed by atoms with Crippen molar-refractivity contribution in [3.63, 3.8) is 0 Å². The van der Waals surface area contributed by atoms with Gasteiger partial charge in [0, 0.05) is 13.1 Å². The van der Waals surface area contributed by atoms with E-state index in [-0.39, 0.29) is 24.7 Å². The zero-order chi connectivity index (χ0) is 14.6. The van der Waals surface area contributed by atoms with Gasteiger partial charge in [0.1, 0.15) is 0 Å². The van der Waals surface area contributed by atoms with Gasteiger partial charge >= 0.3 is 6.03 Å². The molecule has 0 radical (unpaired) electrons. The van der Waals surface area contributed by atoms with Crippen molar-refractivity contribution in [3.8, 4) is 0 Å². The molecule has 3 N–H and O–H groups in total. The molecule has 6 nitrogen and oxygen atoms in total. The molecule has 0 aromatic carbocycles. The van der Waals surface area contributed by atoms with Crippen molar-refractivity contribution in [2.75, 3.05) is 18.8 Å². The molecule has 0 aromatic heterocycles. The Bertz CT molecular complexity index is 331. The Morgan fingerprint density at radius 1 is 0.947 bits per heavy atom. The lowest BCUT2D eigenvalue weighted by atomic mass is 10.1. The van der Waals surface area contributed by atoms with E-state index in [9.17, 15) is 13.2 Å². The first-order chi connectivity index (χ1) is 8.95. The summed E-state index contributed by atoms with van der Waals surface area (Å²) in [4.78, 5) is 11.3. The number of hydrogen-bond donors (Lipinski definition) is 3. The molecule has 0 aliphatic heterocycles. The molecule has 0 saturated carbocycles. The Morgan fingerprint density at radius 2 is 1.47 bits per heavy atom. The van der Waals surface area contributed by atoms with Crippen LogP contribution in [-0.4, -0.2) is 37.8 Å². The molecule has 7 heteroatoms. The third-order valence-electron chi connectivity index (χ3n) is 2.68. The molecule has 0 aliphatic rings. The number of rotatable bonds is 11. The lowest BCUT2D eigenvalue weighted by molar-refractivity contribution is 0.240. The lowest BCUT2D eigenvalue weighted by Crippen LogP contribution is -2.36. The maximum absolute atomic E-state index is 11.3. The summed E-state index contributed by atoms with van der Waals surface area (Å²) < 4.78 is 29.3. The Kier molecular flexibility index (Phi) is 10.6. The van der Waals surface area contributed by atoms with Crippen molar-refractivity contribution < 1.29 is 17.8 Å². The van der Waals surface area contributed by atoms with Crippen LogP contribution in [0.5, 0.6) is 0 Å². The van der Waals surface area contributed by atoms with Crippen LogP contribution in [0.15, 0.2) is 0 Å². The molecule has 0 bridgehead atoms. The van der Waals surface area contributed by atoms with Crippen LogP contribution >= 0.6 is 0 Å². The molecule has 0 aromatic rings. The van der Waals surface area contributed by atoms with Crippen LogP contribution in [0, 0.1) is 0 Å². The summed E-state index contributed by atoms with van der Waals surface area (Å²) in [5, 5.41) is 5.25. The molecular weight excluding hydrogens is 268 g/mol. The first-order valence-corrected chi connectivity index (χ1v) is 8.53. The second-order valence-electron chi connectivity index (χ2n) is 4.59. The highest BCUT2D eigenvalue weighted by atomic mass is 32.2. The predicted octanol–water partition coefficient (Wildman–Crippen LogP) is 1.92. The number of carbonyl (C=O) groups excluding carboxylic acids is 1. The molecule has 0 unspecified atom stereocenters. The lowest BCUT2D eigenvalue weighted by Gasteiger charge is -2.07. The summed E-state index contributed by atoms with van der Waals surface area (Å²) >= 11 is 0.